The van der Waals surface area contributed by atoms with Gasteiger partial charge in [0.15, 0.2) is 0 Å². The van der Waals surface area contributed by atoms with Crippen molar-refractivity contribution in [2.45, 2.75) is 18.9 Å². The van der Waals surface area contributed by atoms with E-state index in [1.165, 1.54) is 0 Å². The van der Waals surface area contributed by atoms with Crippen molar-refractivity contribution in [3.05, 3.63) is 0 Å². The van der Waals surface area contributed by atoms with Crippen LogP contribution in [0.4, 0.5) is 0 Å². The van der Waals surface area contributed by atoms with E-state index in [2.05, 4.69) is 11.4 Å². The van der Waals surface area contributed by atoms with Gasteiger partial charge in [-0.15, -0.1) is 0 Å². The van der Waals surface area contributed by atoms with Crippen LogP contribution < -0.4 is 5.32 Å². The molecule has 0 aromatic carbocycles. The summed E-state index contributed by atoms with van der Waals surface area (Å²) in [5.74, 6) is 0.0241. The Labute approximate surface area is 108 Å². The molecule has 0 aromatic heterocycles. The van der Waals surface area contributed by atoms with Gasteiger partial charge in [-0.1, -0.05) is 0 Å². The largest absolute Gasteiger partial charge is 0.383 e. The van der Waals surface area contributed by atoms with Crippen LogP contribution in [-0.2, 0) is 14.3 Å². The Hall–Kier alpha value is -1.16. The Bertz CT molecular complexity index is 285. The zero-order valence-corrected chi connectivity index (χ0v) is 10.9. The number of hydrogen-bond donors (Lipinski definition) is 1. The summed E-state index contributed by atoms with van der Waals surface area (Å²) in [6.07, 6.45) is 0.653. The molecule has 1 heterocycles. The molecule has 6 nitrogen and oxygen atoms in total. The van der Waals surface area contributed by atoms with Crippen molar-refractivity contribution in [3.63, 3.8) is 0 Å². The zero-order chi connectivity index (χ0) is 13.2. The number of methoxy groups -OCH3 is 1. The molecular weight excluding hydrogens is 234 g/mol. The predicted octanol–water partition coefficient (Wildman–Crippen LogP) is -0.246. The standard InChI is InChI=1S/C12H21N3O3/c1-17-8-6-15(5-2-3-13)12(16)9-11-10-14-4-7-18-11/h11,14H,2,4-10H2,1H3. The van der Waals surface area contributed by atoms with Crippen LogP contribution in [0.25, 0.3) is 0 Å². The number of hydrogen-bond acceptors (Lipinski definition) is 5. The fourth-order valence-corrected chi connectivity index (χ4v) is 1.82. The highest BCUT2D eigenvalue weighted by molar-refractivity contribution is 5.76. The van der Waals surface area contributed by atoms with Gasteiger partial charge in [-0.05, 0) is 0 Å². The third-order valence-electron chi connectivity index (χ3n) is 2.82. The Morgan fingerprint density at radius 1 is 1.61 bits per heavy atom. The monoisotopic (exact) mass is 255 g/mol. The number of carbonyl (C=O) groups is 1. The molecule has 102 valence electrons. The van der Waals surface area contributed by atoms with Crippen LogP contribution in [0.3, 0.4) is 0 Å². The quantitative estimate of drug-likeness (QED) is 0.679. The molecule has 1 amide bonds. The van der Waals surface area contributed by atoms with Crippen LogP contribution in [0.2, 0.25) is 0 Å². The molecule has 0 aliphatic carbocycles. The van der Waals surface area contributed by atoms with Crippen molar-refractivity contribution >= 4 is 5.91 Å². The predicted molar refractivity (Wildman–Crippen MR) is 65.9 cm³/mol. The van der Waals surface area contributed by atoms with Crippen molar-refractivity contribution < 1.29 is 14.3 Å². The van der Waals surface area contributed by atoms with Crippen LogP contribution in [0.15, 0.2) is 0 Å². The first kappa shape index (κ1) is 14.9. The first-order chi connectivity index (χ1) is 8.77. The molecule has 1 aliphatic heterocycles. The van der Waals surface area contributed by atoms with Gasteiger partial charge in [0.1, 0.15) is 0 Å². The summed E-state index contributed by atoms with van der Waals surface area (Å²) >= 11 is 0. The number of morpholine rings is 1. The van der Waals surface area contributed by atoms with Gasteiger partial charge in [0.05, 0.1) is 38.2 Å². The smallest absolute Gasteiger partial charge is 0.225 e. The highest BCUT2D eigenvalue weighted by Crippen LogP contribution is 2.05. The number of rotatable bonds is 7. The van der Waals surface area contributed by atoms with E-state index in [1.807, 2.05) is 0 Å². The van der Waals surface area contributed by atoms with E-state index in [0.29, 0.717) is 45.7 Å². The maximum absolute atomic E-state index is 12.1. The van der Waals surface area contributed by atoms with Crippen LogP contribution in [0.5, 0.6) is 0 Å². The topological polar surface area (TPSA) is 74.6 Å². The molecule has 0 aromatic rings. The fraction of sp³-hybridized carbons (Fsp3) is 0.833. The van der Waals surface area contributed by atoms with Crippen molar-refractivity contribution in [2.24, 2.45) is 0 Å². The number of amides is 1. The van der Waals surface area contributed by atoms with E-state index in [0.717, 1.165) is 6.54 Å². The van der Waals surface area contributed by atoms with Gasteiger partial charge in [-0.3, -0.25) is 4.79 Å². The van der Waals surface area contributed by atoms with Crippen molar-refractivity contribution in [1.82, 2.24) is 10.2 Å². The average Bonchev–Trinajstić information content (AvgIpc) is 2.40. The van der Waals surface area contributed by atoms with Gasteiger partial charge in [-0.25, -0.2) is 0 Å². The molecule has 1 fully saturated rings. The van der Waals surface area contributed by atoms with E-state index >= 15 is 0 Å². The fourth-order valence-electron chi connectivity index (χ4n) is 1.82. The van der Waals surface area contributed by atoms with E-state index in [1.54, 1.807) is 12.0 Å². The van der Waals surface area contributed by atoms with Crippen LogP contribution in [0, 0.1) is 11.3 Å². The van der Waals surface area contributed by atoms with Gasteiger partial charge in [0.25, 0.3) is 0 Å². The summed E-state index contributed by atoms with van der Waals surface area (Å²) in [7, 11) is 1.60. The number of carbonyl (C=O) groups excluding carboxylic acids is 1. The number of ether oxygens (including phenoxy) is 2. The number of nitrogens with one attached hydrogen (secondary N) is 1. The first-order valence-corrected chi connectivity index (χ1v) is 6.24. The van der Waals surface area contributed by atoms with Crippen LogP contribution in [0.1, 0.15) is 12.8 Å². The molecule has 1 atom stereocenters. The van der Waals surface area contributed by atoms with Crippen molar-refractivity contribution in [3.8, 4) is 6.07 Å². The third kappa shape index (κ3) is 5.45. The third-order valence-corrected chi connectivity index (χ3v) is 2.82. The molecule has 0 bridgehead atoms. The Morgan fingerprint density at radius 3 is 3.06 bits per heavy atom. The minimum atomic E-state index is -0.0571. The van der Waals surface area contributed by atoms with Gasteiger partial charge in [-0.2, -0.15) is 5.26 Å². The summed E-state index contributed by atoms with van der Waals surface area (Å²) < 4.78 is 10.5. The normalized spacial score (nSPS) is 19.2. The lowest BCUT2D eigenvalue weighted by Gasteiger charge is -2.27. The number of nitriles is 1. The molecular formula is C12H21N3O3. The second-order valence-electron chi connectivity index (χ2n) is 4.18. The molecule has 6 heteroatoms. The summed E-state index contributed by atoms with van der Waals surface area (Å²) in [6, 6.07) is 2.05. The lowest BCUT2D eigenvalue weighted by molar-refractivity contribution is -0.135. The molecule has 0 saturated carbocycles. The lowest BCUT2D eigenvalue weighted by Crippen LogP contribution is -2.43. The summed E-state index contributed by atoms with van der Waals surface area (Å²) in [6.45, 7) is 3.67. The molecule has 1 aliphatic rings. The molecule has 0 radical (unpaired) electrons. The molecule has 0 spiro atoms. The van der Waals surface area contributed by atoms with Gasteiger partial charge in [0, 0.05) is 33.3 Å². The van der Waals surface area contributed by atoms with Crippen molar-refractivity contribution in [2.75, 3.05) is 46.5 Å². The zero-order valence-electron chi connectivity index (χ0n) is 10.9. The lowest BCUT2D eigenvalue weighted by atomic mass is 10.2. The molecule has 1 rings (SSSR count). The minimum Gasteiger partial charge on any atom is -0.383 e. The van der Waals surface area contributed by atoms with Crippen molar-refractivity contribution in [1.29, 1.82) is 5.26 Å². The summed E-state index contributed by atoms with van der Waals surface area (Å²) in [5.41, 5.74) is 0. The SMILES string of the molecule is COCCN(CCC#N)C(=O)CC1CNCCO1. The Morgan fingerprint density at radius 2 is 2.44 bits per heavy atom. The van der Waals surface area contributed by atoms with E-state index in [-0.39, 0.29) is 12.0 Å². The Kier molecular flexibility index (Phi) is 7.34. The van der Waals surface area contributed by atoms with Gasteiger partial charge >= 0.3 is 0 Å². The second kappa shape index (κ2) is 8.86. The van der Waals surface area contributed by atoms with Crippen LogP contribution in [-0.4, -0.2) is 63.4 Å². The highest BCUT2D eigenvalue weighted by atomic mass is 16.5. The highest BCUT2D eigenvalue weighted by Gasteiger charge is 2.21. The van der Waals surface area contributed by atoms with Gasteiger partial charge < -0.3 is 19.7 Å². The minimum absolute atomic E-state index is 0.0241. The van der Waals surface area contributed by atoms with Gasteiger partial charge in [0.2, 0.25) is 5.91 Å². The van der Waals surface area contributed by atoms with Crippen LogP contribution >= 0.6 is 0 Å². The maximum Gasteiger partial charge on any atom is 0.225 e. The maximum atomic E-state index is 12.1. The molecule has 18 heavy (non-hydrogen) atoms. The molecule has 1 unspecified atom stereocenters. The first-order valence-electron chi connectivity index (χ1n) is 6.24. The number of nitrogens with zero attached hydrogens (tertiary/aromatic N) is 2. The van der Waals surface area contributed by atoms with E-state index in [9.17, 15) is 4.79 Å². The summed E-state index contributed by atoms with van der Waals surface area (Å²) in [5, 5.41) is 11.8. The molecule has 1 saturated heterocycles. The second-order valence-corrected chi connectivity index (χ2v) is 4.18. The Balaban J connectivity index is 2.38. The molecule has 1 N–H and O–H groups in total. The summed E-state index contributed by atoms with van der Waals surface area (Å²) in [4.78, 5) is 13.7. The van der Waals surface area contributed by atoms with E-state index in [4.69, 9.17) is 14.7 Å². The van der Waals surface area contributed by atoms with E-state index < -0.39 is 0 Å². The average molecular weight is 255 g/mol.